The predicted octanol–water partition coefficient (Wildman–Crippen LogP) is -5.73. The number of aromatic nitrogens is 1. The molecule has 14 heavy (non-hydrogen) atoms. The molecule has 0 bridgehead atoms. The number of pyridine rings is 1. The van der Waals surface area contributed by atoms with Crippen LogP contribution in [0.4, 0.5) is 0 Å². The summed E-state index contributed by atoms with van der Waals surface area (Å²) < 4.78 is 11.0. The molecule has 8 heteroatoms. The maximum absolute atomic E-state index is 10.3. The molecule has 0 aliphatic heterocycles. The molecule has 0 saturated carbocycles. The van der Waals surface area contributed by atoms with Crippen LogP contribution in [0.5, 0.6) is 0 Å². The SMILES string of the molecule is O=P([O-])([O-])Cc1cc(Br)ccn1.[Na+].[Na+]. The minimum absolute atomic E-state index is 0. The van der Waals surface area contributed by atoms with Crippen LogP contribution in [0.1, 0.15) is 5.69 Å². The van der Waals surface area contributed by atoms with Gasteiger partial charge in [-0.3, -0.25) is 4.98 Å². The maximum atomic E-state index is 10.3. The number of hydrogen-bond donors (Lipinski definition) is 0. The van der Waals surface area contributed by atoms with E-state index in [1.807, 2.05) is 0 Å². The van der Waals surface area contributed by atoms with Gasteiger partial charge in [-0.2, -0.15) is 0 Å². The van der Waals surface area contributed by atoms with Crippen molar-refractivity contribution in [2.24, 2.45) is 0 Å². The van der Waals surface area contributed by atoms with Gasteiger partial charge in [0.05, 0.1) is 0 Å². The molecular weight excluding hydrogens is 291 g/mol. The molecule has 4 nitrogen and oxygen atoms in total. The normalized spacial score (nSPS) is 9.93. The summed E-state index contributed by atoms with van der Waals surface area (Å²) >= 11 is 3.14. The Bertz CT molecular complexity index is 333. The van der Waals surface area contributed by atoms with Crippen molar-refractivity contribution in [1.82, 2.24) is 4.98 Å². The van der Waals surface area contributed by atoms with Crippen molar-refractivity contribution in [3.05, 3.63) is 28.5 Å². The van der Waals surface area contributed by atoms with Gasteiger partial charge in [-0.25, -0.2) is 0 Å². The minimum atomic E-state index is -4.49. The van der Waals surface area contributed by atoms with E-state index >= 15 is 0 Å². The summed E-state index contributed by atoms with van der Waals surface area (Å²) in [6, 6.07) is 3.16. The molecule has 1 heterocycles. The molecule has 0 atom stereocenters. The molecule has 0 radical (unpaired) electrons. The van der Waals surface area contributed by atoms with Crippen molar-refractivity contribution in [2.75, 3.05) is 0 Å². The Kier molecular flexibility index (Phi) is 10.3. The molecule has 0 amide bonds. The fourth-order valence-electron chi connectivity index (χ4n) is 0.734. The van der Waals surface area contributed by atoms with Crippen LogP contribution in [0.15, 0.2) is 22.8 Å². The Hall–Kier alpha value is 1.78. The van der Waals surface area contributed by atoms with Gasteiger partial charge in [-0.15, -0.1) is 0 Å². The van der Waals surface area contributed by atoms with Gasteiger partial charge in [-0.1, -0.05) is 23.5 Å². The Morgan fingerprint density at radius 3 is 2.43 bits per heavy atom. The second kappa shape index (κ2) is 7.96. The summed E-state index contributed by atoms with van der Waals surface area (Å²) in [7, 11) is -4.49. The third-order valence-corrected chi connectivity index (χ3v) is 2.34. The summed E-state index contributed by atoms with van der Waals surface area (Å²) in [4.78, 5) is 24.4. The molecule has 1 aromatic rings. The topological polar surface area (TPSA) is 76.1 Å². The van der Waals surface area contributed by atoms with Gasteiger partial charge in [0.2, 0.25) is 0 Å². The van der Waals surface area contributed by atoms with E-state index in [2.05, 4.69) is 20.9 Å². The van der Waals surface area contributed by atoms with E-state index in [9.17, 15) is 14.4 Å². The molecule has 0 saturated heterocycles. The van der Waals surface area contributed by atoms with Crippen molar-refractivity contribution < 1.29 is 73.5 Å². The summed E-state index contributed by atoms with van der Waals surface area (Å²) in [5.74, 6) is 0. The van der Waals surface area contributed by atoms with Crippen LogP contribution in [0.25, 0.3) is 0 Å². The average Bonchev–Trinajstić information content (AvgIpc) is 1.82. The van der Waals surface area contributed by atoms with E-state index in [0.29, 0.717) is 4.47 Å². The van der Waals surface area contributed by atoms with Gasteiger partial charge in [0, 0.05) is 22.5 Å². The van der Waals surface area contributed by atoms with E-state index in [0.717, 1.165) is 0 Å². The smallest absolute Gasteiger partial charge is 0.810 e. The minimum Gasteiger partial charge on any atom is -0.810 e. The fraction of sp³-hybridized carbons (Fsp3) is 0.167. The molecule has 0 spiro atoms. The zero-order chi connectivity index (χ0) is 9.19. The van der Waals surface area contributed by atoms with Gasteiger partial charge in [0.15, 0.2) is 0 Å². The first-order valence-electron chi connectivity index (χ1n) is 3.09. The molecule has 0 N–H and O–H groups in total. The van der Waals surface area contributed by atoms with Gasteiger partial charge in [0.1, 0.15) is 0 Å². The number of halogens is 1. The summed E-state index contributed by atoms with van der Waals surface area (Å²) in [5.41, 5.74) is 0.262. The van der Waals surface area contributed by atoms with E-state index < -0.39 is 13.8 Å². The molecule has 1 aromatic heterocycles. The fourth-order valence-corrected chi connectivity index (χ4v) is 1.69. The molecule has 0 fully saturated rings. The molecule has 0 unspecified atom stereocenters. The van der Waals surface area contributed by atoms with Crippen LogP contribution in [-0.2, 0) is 10.7 Å². The van der Waals surface area contributed by atoms with E-state index in [1.165, 1.54) is 12.3 Å². The average molecular weight is 296 g/mol. The number of hydrogen-bond acceptors (Lipinski definition) is 4. The third-order valence-electron chi connectivity index (χ3n) is 1.13. The first-order valence-corrected chi connectivity index (χ1v) is 5.61. The quantitative estimate of drug-likeness (QED) is 0.402. The largest absolute Gasteiger partial charge is 1.00 e. The summed E-state index contributed by atoms with van der Waals surface area (Å²) in [6.07, 6.45) is 0.904. The first-order chi connectivity index (χ1) is 5.47. The molecular formula is C6H5BrNNa2O3P. The third kappa shape index (κ3) is 7.99. The van der Waals surface area contributed by atoms with Crippen molar-refractivity contribution in [2.45, 2.75) is 6.16 Å². The molecule has 0 aliphatic carbocycles. The Morgan fingerprint density at radius 2 is 2.00 bits per heavy atom. The Morgan fingerprint density at radius 1 is 1.43 bits per heavy atom. The zero-order valence-electron chi connectivity index (χ0n) is 7.94. The predicted molar refractivity (Wildman–Crippen MR) is 43.2 cm³/mol. The van der Waals surface area contributed by atoms with E-state index in [4.69, 9.17) is 0 Å². The summed E-state index contributed by atoms with van der Waals surface area (Å²) in [6.45, 7) is 0. The van der Waals surface area contributed by atoms with Crippen molar-refractivity contribution in [3.63, 3.8) is 0 Å². The number of rotatable bonds is 2. The molecule has 66 valence electrons. The van der Waals surface area contributed by atoms with Crippen LogP contribution in [0.3, 0.4) is 0 Å². The number of nitrogens with zero attached hydrogens (tertiary/aromatic N) is 1. The zero-order valence-corrected chi connectivity index (χ0v) is 14.4. The Labute approximate surface area is 135 Å². The van der Waals surface area contributed by atoms with Gasteiger partial charge in [-0.05, 0) is 12.1 Å². The van der Waals surface area contributed by atoms with Gasteiger partial charge in [0.25, 0.3) is 0 Å². The molecule has 0 aromatic carbocycles. The van der Waals surface area contributed by atoms with Gasteiger partial charge < -0.3 is 14.4 Å². The second-order valence-electron chi connectivity index (χ2n) is 2.23. The van der Waals surface area contributed by atoms with Crippen LogP contribution in [0.2, 0.25) is 0 Å². The first kappa shape index (κ1) is 18.2. The Balaban J connectivity index is 0. The van der Waals surface area contributed by atoms with E-state index in [-0.39, 0.29) is 64.8 Å². The van der Waals surface area contributed by atoms with Crippen LogP contribution < -0.4 is 68.9 Å². The van der Waals surface area contributed by atoms with Crippen molar-refractivity contribution >= 4 is 23.5 Å². The monoisotopic (exact) mass is 295 g/mol. The van der Waals surface area contributed by atoms with Crippen molar-refractivity contribution in [1.29, 1.82) is 0 Å². The summed E-state index contributed by atoms with van der Waals surface area (Å²) in [5, 5.41) is 0. The van der Waals surface area contributed by atoms with Crippen LogP contribution >= 0.6 is 23.5 Å². The van der Waals surface area contributed by atoms with E-state index in [1.54, 1.807) is 6.07 Å². The molecule has 1 rings (SSSR count). The van der Waals surface area contributed by atoms with Crippen LogP contribution in [-0.4, -0.2) is 4.98 Å². The van der Waals surface area contributed by atoms with Gasteiger partial charge >= 0.3 is 59.1 Å². The van der Waals surface area contributed by atoms with Crippen LogP contribution in [0, 0.1) is 0 Å². The molecule has 0 aliphatic rings. The van der Waals surface area contributed by atoms with Crippen molar-refractivity contribution in [3.8, 4) is 0 Å². The second-order valence-corrected chi connectivity index (χ2v) is 4.69. The standard InChI is InChI=1S/C6H7BrNO3P.2Na/c7-5-1-2-8-6(3-5)4-12(9,10)11;;/h1-3H,4H2,(H2,9,10,11);;/q;2*+1/p-2. The maximum Gasteiger partial charge on any atom is 1.00 e.